The molecular formula is C22H31NO4. The van der Waals surface area contributed by atoms with Crippen LogP contribution in [0.3, 0.4) is 0 Å². The largest absolute Gasteiger partial charge is 0.497 e. The van der Waals surface area contributed by atoms with Crippen LogP contribution in [0.1, 0.15) is 17.5 Å². The molecule has 1 N–H and O–H groups in total. The molecule has 0 aromatic heterocycles. The Morgan fingerprint density at radius 3 is 2.44 bits per heavy atom. The van der Waals surface area contributed by atoms with Gasteiger partial charge in [-0.25, -0.2) is 0 Å². The molecule has 0 spiro atoms. The van der Waals surface area contributed by atoms with Crippen LogP contribution < -0.4 is 9.47 Å². The van der Waals surface area contributed by atoms with E-state index in [0.717, 1.165) is 36.6 Å². The monoisotopic (exact) mass is 373 g/mol. The molecule has 0 aliphatic rings. The van der Waals surface area contributed by atoms with Crippen molar-refractivity contribution in [3.05, 3.63) is 59.7 Å². The van der Waals surface area contributed by atoms with E-state index in [9.17, 15) is 5.11 Å². The molecule has 0 aliphatic carbocycles. The van der Waals surface area contributed by atoms with Crippen LogP contribution in [0.4, 0.5) is 0 Å². The van der Waals surface area contributed by atoms with Gasteiger partial charge in [0.05, 0.1) is 7.11 Å². The number of hydrogen-bond acceptors (Lipinski definition) is 5. The normalized spacial score (nSPS) is 12.2. The van der Waals surface area contributed by atoms with E-state index in [0.29, 0.717) is 13.2 Å². The summed E-state index contributed by atoms with van der Waals surface area (Å²) >= 11 is 0. The third-order valence-electron chi connectivity index (χ3n) is 4.38. The molecule has 5 nitrogen and oxygen atoms in total. The van der Waals surface area contributed by atoms with Crippen LogP contribution in [0.2, 0.25) is 0 Å². The first-order valence-corrected chi connectivity index (χ1v) is 9.33. The summed E-state index contributed by atoms with van der Waals surface area (Å²) in [6.45, 7) is 5.13. The quantitative estimate of drug-likeness (QED) is 0.579. The Kier molecular flexibility index (Phi) is 9.11. The topological polar surface area (TPSA) is 51.2 Å². The molecule has 0 aliphatic heterocycles. The summed E-state index contributed by atoms with van der Waals surface area (Å²) in [5.41, 5.74) is 2.25. The Hall–Kier alpha value is -2.08. The number of rotatable bonds is 12. The molecule has 0 heterocycles. The summed E-state index contributed by atoms with van der Waals surface area (Å²) in [5.74, 6) is 1.66. The summed E-state index contributed by atoms with van der Waals surface area (Å²) in [6.07, 6.45) is 0.350. The smallest absolute Gasteiger partial charge is 0.122 e. The molecule has 0 radical (unpaired) electrons. The highest BCUT2D eigenvalue weighted by Crippen LogP contribution is 2.17. The number of aliphatic hydroxyl groups is 1. The zero-order chi connectivity index (χ0) is 19.5. The number of methoxy groups -OCH3 is 2. The first-order valence-electron chi connectivity index (χ1n) is 9.33. The molecule has 27 heavy (non-hydrogen) atoms. The van der Waals surface area contributed by atoms with Gasteiger partial charge in [-0.05, 0) is 42.7 Å². The van der Waals surface area contributed by atoms with Crippen LogP contribution in [0.5, 0.6) is 11.5 Å². The van der Waals surface area contributed by atoms with Gasteiger partial charge < -0.3 is 19.3 Å². The van der Waals surface area contributed by atoms with Crippen molar-refractivity contribution < 1.29 is 19.3 Å². The lowest BCUT2D eigenvalue weighted by atomic mass is 10.2. The molecule has 2 aromatic carbocycles. The van der Waals surface area contributed by atoms with E-state index < -0.39 is 6.10 Å². The predicted octanol–water partition coefficient (Wildman–Crippen LogP) is 3.28. The first-order chi connectivity index (χ1) is 13.1. The van der Waals surface area contributed by atoms with E-state index in [1.165, 1.54) is 5.56 Å². The number of ether oxygens (including phenoxy) is 3. The van der Waals surface area contributed by atoms with Gasteiger partial charge in [-0.15, -0.1) is 0 Å². The summed E-state index contributed by atoms with van der Waals surface area (Å²) in [7, 11) is 3.37. The lowest BCUT2D eigenvalue weighted by molar-refractivity contribution is 0.0615. The molecule has 2 aromatic rings. The molecule has 0 saturated heterocycles. The standard InChI is InChI=1S/C22H31NO4/c1-18-7-4-5-8-22(18)27-17-20(24)16-23(13-6-14-25-2)15-19-9-11-21(26-3)12-10-19/h4-5,7-12,20,24H,6,13-17H2,1-3H3. The van der Waals surface area contributed by atoms with E-state index in [1.807, 2.05) is 43.3 Å². The molecule has 0 bridgehead atoms. The van der Waals surface area contributed by atoms with E-state index in [4.69, 9.17) is 14.2 Å². The molecule has 1 atom stereocenters. The maximum atomic E-state index is 10.5. The minimum Gasteiger partial charge on any atom is -0.497 e. The van der Waals surface area contributed by atoms with Crippen LogP contribution >= 0.6 is 0 Å². The number of aryl methyl sites for hydroxylation is 1. The Morgan fingerprint density at radius 1 is 1.04 bits per heavy atom. The number of nitrogens with zero attached hydrogens (tertiary/aromatic N) is 1. The van der Waals surface area contributed by atoms with E-state index >= 15 is 0 Å². The Bertz CT molecular complexity index is 660. The van der Waals surface area contributed by atoms with Gasteiger partial charge in [0.1, 0.15) is 24.2 Å². The second-order valence-corrected chi connectivity index (χ2v) is 6.66. The van der Waals surface area contributed by atoms with Gasteiger partial charge in [-0.2, -0.15) is 0 Å². The Morgan fingerprint density at radius 2 is 1.78 bits per heavy atom. The van der Waals surface area contributed by atoms with Gasteiger partial charge in [-0.1, -0.05) is 30.3 Å². The third-order valence-corrected chi connectivity index (χ3v) is 4.38. The van der Waals surface area contributed by atoms with Gasteiger partial charge in [0.25, 0.3) is 0 Å². The van der Waals surface area contributed by atoms with Crippen LogP contribution in [0.15, 0.2) is 48.5 Å². The number of hydrogen-bond donors (Lipinski definition) is 1. The molecule has 148 valence electrons. The maximum Gasteiger partial charge on any atom is 0.122 e. The fourth-order valence-electron chi connectivity index (χ4n) is 2.91. The van der Waals surface area contributed by atoms with E-state index in [2.05, 4.69) is 17.0 Å². The fourth-order valence-corrected chi connectivity index (χ4v) is 2.91. The number of aliphatic hydroxyl groups excluding tert-OH is 1. The van der Waals surface area contributed by atoms with Gasteiger partial charge in [0.2, 0.25) is 0 Å². The minimum absolute atomic E-state index is 0.272. The van der Waals surface area contributed by atoms with Crippen LogP contribution in [-0.2, 0) is 11.3 Å². The second-order valence-electron chi connectivity index (χ2n) is 6.66. The minimum atomic E-state index is -0.564. The molecule has 0 fully saturated rings. The lowest BCUT2D eigenvalue weighted by Gasteiger charge is -2.25. The van der Waals surface area contributed by atoms with E-state index in [1.54, 1.807) is 14.2 Å². The van der Waals surface area contributed by atoms with E-state index in [-0.39, 0.29) is 6.61 Å². The van der Waals surface area contributed by atoms with Crippen molar-refractivity contribution >= 4 is 0 Å². The predicted molar refractivity (Wildman–Crippen MR) is 107 cm³/mol. The Balaban J connectivity index is 1.90. The van der Waals surface area contributed by atoms with Crippen LogP contribution in [0, 0.1) is 6.92 Å². The summed E-state index contributed by atoms with van der Waals surface area (Å²) in [6, 6.07) is 15.9. The highest BCUT2D eigenvalue weighted by molar-refractivity contribution is 5.31. The zero-order valence-corrected chi connectivity index (χ0v) is 16.6. The summed E-state index contributed by atoms with van der Waals surface area (Å²) in [4.78, 5) is 2.23. The van der Waals surface area contributed by atoms with Gasteiger partial charge in [0.15, 0.2) is 0 Å². The van der Waals surface area contributed by atoms with Crippen molar-refractivity contribution in [2.45, 2.75) is 26.0 Å². The molecule has 5 heteroatoms. The molecule has 1 unspecified atom stereocenters. The van der Waals surface area contributed by atoms with Gasteiger partial charge >= 0.3 is 0 Å². The maximum absolute atomic E-state index is 10.5. The van der Waals surface area contributed by atoms with Crippen molar-refractivity contribution in [2.24, 2.45) is 0 Å². The second kappa shape index (κ2) is 11.6. The van der Waals surface area contributed by atoms with Gasteiger partial charge in [-0.3, -0.25) is 4.90 Å². The highest BCUT2D eigenvalue weighted by Gasteiger charge is 2.14. The summed E-state index contributed by atoms with van der Waals surface area (Å²) in [5, 5.41) is 10.5. The summed E-state index contributed by atoms with van der Waals surface area (Å²) < 4.78 is 16.2. The number of benzene rings is 2. The molecular weight excluding hydrogens is 342 g/mol. The van der Waals surface area contributed by atoms with Crippen molar-refractivity contribution in [2.75, 3.05) is 40.5 Å². The number of para-hydroxylation sites is 1. The zero-order valence-electron chi connectivity index (χ0n) is 16.6. The molecule has 2 rings (SSSR count). The van der Waals surface area contributed by atoms with Crippen LogP contribution in [-0.4, -0.2) is 56.6 Å². The van der Waals surface area contributed by atoms with Crippen LogP contribution in [0.25, 0.3) is 0 Å². The average molecular weight is 373 g/mol. The van der Waals surface area contributed by atoms with Crippen molar-refractivity contribution in [1.82, 2.24) is 4.90 Å². The van der Waals surface area contributed by atoms with Crippen molar-refractivity contribution in [1.29, 1.82) is 0 Å². The molecule has 0 saturated carbocycles. The average Bonchev–Trinajstić information content (AvgIpc) is 2.68. The highest BCUT2D eigenvalue weighted by atomic mass is 16.5. The fraction of sp³-hybridized carbons (Fsp3) is 0.455. The van der Waals surface area contributed by atoms with Crippen molar-refractivity contribution in [3.8, 4) is 11.5 Å². The van der Waals surface area contributed by atoms with Crippen molar-refractivity contribution in [3.63, 3.8) is 0 Å². The lowest BCUT2D eigenvalue weighted by Crippen LogP contribution is -2.36. The molecule has 0 amide bonds. The third kappa shape index (κ3) is 7.59. The SMILES string of the molecule is COCCCN(Cc1ccc(OC)cc1)CC(O)COc1ccccc1C. The first kappa shape index (κ1) is 21.2. The Labute approximate surface area is 162 Å². The van der Waals surface area contributed by atoms with Gasteiger partial charge in [0, 0.05) is 33.4 Å².